The van der Waals surface area contributed by atoms with E-state index in [0.717, 1.165) is 26.2 Å². The van der Waals surface area contributed by atoms with Crippen LogP contribution in [0.2, 0.25) is 0 Å². The van der Waals surface area contributed by atoms with Crippen molar-refractivity contribution >= 4 is 46.7 Å². The standard InChI is InChI=1S/C41H48N4O2S2/c1-30-16-18-36(32(3)28-30)48-38-12-7-5-10-34(38)42-20-24-44(25-21-42)40(46)14-9-15-41(47)45-26-22-43(23-27-45)35-11-6-8-13-39(35)49-37-19-17-31(2)29-33(37)4/h5-8,10-13,16-19,28-29H,9,14-15,20-27H2,1-4H3. The largest absolute Gasteiger partial charge is 0.367 e. The maximum atomic E-state index is 13.1. The van der Waals surface area contributed by atoms with Crippen LogP contribution in [0, 0.1) is 27.7 Å². The van der Waals surface area contributed by atoms with E-state index in [1.807, 2.05) is 33.3 Å². The molecule has 0 aliphatic carbocycles. The Morgan fingerprint density at radius 2 is 0.898 bits per heavy atom. The van der Waals surface area contributed by atoms with E-state index >= 15 is 0 Å². The predicted molar refractivity (Wildman–Crippen MR) is 204 cm³/mol. The van der Waals surface area contributed by atoms with Crippen LogP contribution in [-0.2, 0) is 9.59 Å². The van der Waals surface area contributed by atoms with Gasteiger partial charge in [-0.3, -0.25) is 9.59 Å². The molecular weight excluding hydrogens is 645 g/mol. The number of piperazine rings is 2. The van der Waals surface area contributed by atoms with Gasteiger partial charge in [0, 0.05) is 84.8 Å². The molecule has 2 aliphatic heterocycles. The van der Waals surface area contributed by atoms with Crippen molar-refractivity contribution in [3.8, 4) is 0 Å². The Hall–Kier alpha value is -3.88. The van der Waals surface area contributed by atoms with Gasteiger partial charge in [-0.05, 0) is 81.6 Å². The van der Waals surface area contributed by atoms with Gasteiger partial charge < -0.3 is 19.6 Å². The summed E-state index contributed by atoms with van der Waals surface area (Å²) in [4.78, 5) is 40.1. The SMILES string of the molecule is Cc1ccc(Sc2ccccc2N2CCN(C(=O)CCCC(=O)N3CCN(c4ccccc4Sc4ccc(C)cc4C)CC3)CC2)c(C)c1. The van der Waals surface area contributed by atoms with E-state index in [9.17, 15) is 9.59 Å². The molecule has 256 valence electrons. The minimum absolute atomic E-state index is 0.160. The minimum atomic E-state index is 0.160. The number of anilines is 2. The summed E-state index contributed by atoms with van der Waals surface area (Å²) in [5.74, 6) is 0.321. The molecule has 0 saturated carbocycles. The van der Waals surface area contributed by atoms with Gasteiger partial charge in [0.05, 0.1) is 11.4 Å². The maximum absolute atomic E-state index is 13.1. The Morgan fingerprint density at radius 3 is 1.29 bits per heavy atom. The van der Waals surface area contributed by atoms with Gasteiger partial charge in [-0.15, -0.1) is 0 Å². The predicted octanol–water partition coefficient (Wildman–Crippen LogP) is 8.39. The molecule has 0 radical (unpaired) electrons. The van der Waals surface area contributed by atoms with Crippen molar-refractivity contribution in [2.75, 3.05) is 62.2 Å². The third-order valence-electron chi connectivity index (χ3n) is 9.56. The van der Waals surface area contributed by atoms with Crippen molar-refractivity contribution in [1.82, 2.24) is 9.80 Å². The number of hydrogen-bond donors (Lipinski definition) is 0. The molecule has 0 spiro atoms. The zero-order valence-corrected chi connectivity index (χ0v) is 30.9. The van der Waals surface area contributed by atoms with Crippen LogP contribution in [0.15, 0.2) is 105 Å². The monoisotopic (exact) mass is 692 g/mol. The molecule has 2 heterocycles. The Bertz CT molecular complexity index is 1650. The van der Waals surface area contributed by atoms with Crippen LogP contribution in [0.5, 0.6) is 0 Å². The van der Waals surface area contributed by atoms with Crippen molar-refractivity contribution in [3.05, 3.63) is 107 Å². The molecule has 8 heteroatoms. The summed E-state index contributed by atoms with van der Waals surface area (Å²) in [6.07, 6.45) is 1.45. The second-order valence-corrected chi connectivity index (χ2v) is 15.4. The lowest BCUT2D eigenvalue weighted by molar-refractivity contribution is -0.133. The molecule has 49 heavy (non-hydrogen) atoms. The van der Waals surface area contributed by atoms with E-state index in [-0.39, 0.29) is 11.8 Å². The topological polar surface area (TPSA) is 47.1 Å². The van der Waals surface area contributed by atoms with E-state index in [1.165, 1.54) is 53.2 Å². The molecule has 2 fully saturated rings. The summed E-state index contributed by atoms with van der Waals surface area (Å²) >= 11 is 3.63. The van der Waals surface area contributed by atoms with Gasteiger partial charge in [0.15, 0.2) is 0 Å². The highest BCUT2D eigenvalue weighted by Crippen LogP contribution is 2.39. The molecule has 0 atom stereocenters. The average Bonchev–Trinajstić information content (AvgIpc) is 3.11. The molecule has 0 bridgehead atoms. The van der Waals surface area contributed by atoms with Gasteiger partial charge in [0.2, 0.25) is 11.8 Å². The van der Waals surface area contributed by atoms with Crippen molar-refractivity contribution < 1.29 is 9.59 Å². The van der Waals surface area contributed by atoms with Crippen LogP contribution < -0.4 is 9.80 Å². The first-order chi connectivity index (χ1) is 23.7. The van der Waals surface area contributed by atoms with Crippen LogP contribution in [0.4, 0.5) is 11.4 Å². The van der Waals surface area contributed by atoms with Gasteiger partial charge in [0.1, 0.15) is 0 Å². The maximum Gasteiger partial charge on any atom is 0.222 e. The van der Waals surface area contributed by atoms with E-state index in [4.69, 9.17) is 0 Å². The van der Waals surface area contributed by atoms with Crippen molar-refractivity contribution in [2.24, 2.45) is 0 Å². The molecule has 4 aromatic rings. The number of benzene rings is 4. The first kappa shape index (κ1) is 35.0. The van der Waals surface area contributed by atoms with E-state index < -0.39 is 0 Å². The number of carbonyl (C=O) groups excluding carboxylic acids is 2. The fraction of sp³-hybridized carbons (Fsp3) is 0.366. The third kappa shape index (κ3) is 8.84. The first-order valence-corrected chi connectivity index (χ1v) is 19.1. The van der Waals surface area contributed by atoms with Gasteiger partial charge in [-0.25, -0.2) is 0 Å². The summed E-state index contributed by atoms with van der Waals surface area (Å²) in [6.45, 7) is 14.7. The normalized spacial score (nSPS) is 15.1. The summed E-state index contributed by atoms with van der Waals surface area (Å²) in [5, 5.41) is 0. The van der Waals surface area contributed by atoms with Crippen LogP contribution in [0.25, 0.3) is 0 Å². The number of hydrogen-bond acceptors (Lipinski definition) is 6. The van der Waals surface area contributed by atoms with Crippen LogP contribution in [0.1, 0.15) is 41.5 Å². The smallest absolute Gasteiger partial charge is 0.222 e. The van der Waals surface area contributed by atoms with E-state index in [1.54, 1.807) is 0 Å². The molecule has 6 nitrogen and oxygen atoms in total. The van der Waals surface area contributed by atoms with Gasteiger partial charge >= 0.3 is 0 Å². The quantitative estimate of drug-likeness (QED) is 0.167. The molecule has 2 saturated heterocycles. The van der Waals surface area contributed by atoms with Gasteiger partial charge in [0.25, 0.3) is 0 Å². The lowest BCUT2D eigenvalue weighted by atomic mass is 10.1. The Labute approximate surface area is 300 Å². The highest BCUT2D eigenvalue weighted by atomic mass is 32.2. The number of aryl methyl sites for hydroxylation is 4. The average molecular weight is 693 g/mol. The minimum Gasteiger partial charge on any atom is -0.367 e. The zero-order chi connectivity index (χ0) is 34.3. The lowest BCUT2D eigenvalue weighted by Crippen LogP contribution is -2.49. The number of carbonyl (C=O) groups is 2. The number of rotatable bonds is 10. The second kappa shape index (κ2) is 16.2. The van der Waals surface area contributed by atoms with E-state index in [2.05, 4.69) is 122 Å². The van der Waals surface area contributed by atoms with Crippen LogP contribution in [-0.4, -0.2) is 74.0 Å². The molecular formula is C41H48N4O2S2. The second-order valence-electron chi connectivity index (χ2n) is 13.3. The van der Waals surface area contributed by atoms with Crippen molar-refractivity contribution in [2.45, 2.75) is 66.5 Å². The molecule has 2 amide bonds. The molecule has 0 aromatic heterocycles. The molecule has 6 rings (SSSR count). The number of amides is 2. The molecule has 0 unspecified atom stereocenters. The molecule has 2 aliphatic rings. The number of para-hydroxylation sites is 2. The lowest BCUT2D eigenvalue weighted by Gasteiger charge is -2.37. The fourth-order valence-corrected chi connectivity index (χ4v) is 8.86. The van der Waals surface area contributed by atoms with Gasteiger partial charge in [-0.2, -0.15) is 0 Å². The fourth-order valence-electron chi connectivity index (χ4n) is 6.77. The zero-order valence-electron chi connectivity index (χ0n) is 29.3. The van der Waals surface area contributed by atoms with Crippen LogP contribution >= 0.6 is 23.5 Å². The van der Waals surface area contributed by atoms with Crippen molar-refractivity contribution in [3.63, 3.8) is 0 Å². The molecule has 4 aromatic carbocycles. The highest BCUT2D eigenvalue weighted by Gasteiger charge is 2.25. The van der Waals surface area contributed by atoms with Crippen LogP contribution in [0.3, 0.4) is 0 Å². The number of nitrogens with zero attached hydrogens (tertiary/aromatic N) is 4. The van der Waals surface area contributed by atoms with E-state index in [0.29, 0.717) is 45.4 Å². The summed E-state index contributed by atoms with van der Waals surface area (Å²) in [5.41, 5.74) is 7.60. The Morgan fingerprint density at radius 1 is 0.510 bits per heavy atom. The third-order valence-corrected chi connectivity index (χ3v) is 12.0. The first-order valence-electron chi connectivity index (χ1n) is 17.5. The summed E-state index contributed by atoms with van der Waals surface area (Å²) in [6, 6.07) is 30.4. The highest BCUT2D eigenvalue weighted by molar-refractivity contribution is 7.99. The summed E-state index contributed by atoms with van der Waals surface area (Å²) < 4.78 is 0. The summed E-state index contributed by atoms with van der Waals surface area (Å²) in [7, 11) is 0. The molecule has 0 N–H and O–H groups in total. The van der Waals surface area contributed by atoms with Crippen molar-refractivity contribution in [1.29, 1.82) is 0 Å². The Kier molecular flexibility index (Phi) is 11.6. The Balaban J connectivity index is 0.940. The van der Waals surface area contributed by atoms with Gasteiger partial charge in [-0.1, -0.05) is 83.2 Å².